The van der Waals surface area contributed by atoms with Crippen molar-refractivity contribution in [2.24, 2.45) is 0 Å². The number of alkyl carbamates (subject to hydrolysis) is 1. The Hall–Kier alpha value is -0.730. The summed E-state index contributed by atoms with van der Waals surface area (Å²) in [6.45, 7) is 4.38. The minimum Gasteiger partial charge on any atom is -0.453 e. The van der Waals surface area contributed by atoms with Gasteiger partial charge < -0.3 is 10.1 Å². The van der Waals surface area contributed by atoms with Crippen LogP contribution in [0.1, 0.15) is 104 Å². The minimum absolute atomic E-state index is 0.274. The highest BCUT2D eigenvalue weighted by Gasteiger charge is 2.09. The zero-order valence-corrected chi connectivity index (χ0v) is 15.3. The number of carbonyl (C=O) groups excluding carboxylic acids is 1. The third-order valence-electron chi connectivity index (χ3n) is 4.41. The SMILES string of the molecule is CCCCCCCCCCCCCCC(CC)NC(=O)OC. The zero-order chi connectivity index (χ0) is 16.5. The van der Waals surface area contributed by atoms with Crippen molar-refractivity contribution in [3.05, 3.63) is 0 Å². The number of carbonyl (C=O) groups is 1. The van der Waals surface area contributed by atoms with Crippen molar-refractivity contribution in [2.75, 3.05) is 7.11 Å². The molecule has 0 aliphatic rings. The number of amides is 1. The van der Waals surface area contributed by atoms with Gasteiger partial charge in [-0.1, -0.05) is 90.9 Å². The predicted octanol–water partition coefficient (Wildman–Crippen LogP) is 6.21. The second-order valence-corrected chi connectivity index (χ2v) is 6.42. The lowest BCUT2D eigenvalue weighted by Gasteiger charge is -2.15. The first-order valence-electron chi connectivity index (χ1n) is 9.59. The summed E-state index contributed by atoms with van der Waals surface area (Å²) in [6, 6.07) is 0.274. The smallest absolute Gasteiger partial charge is 0.407 e. The first kappa shape index (κ1) is 21.3. The number of methoxy groups -OCH3 is 1. The number of nitrogens with one attached hydrogen (secondary N) is 1. The maximum atomic E-state index is 11.2. The first-order chi connectivity index (χ1) is 10.7. The minimum atomic E-state index is -0.300. The highest BCUT2D eigenvalue weighted by molar-refractivity contribution is 5.67. The maximum Gasteiger partial charge on any atom is 0.407 e. The van der Waals surface area contributed by atoms with Gasteiger partial charge in [-0.15, -0.1) is 0 Å². The molecule has 1 atom stereocenters. The zero-order valence-electron chi connectivity index (χ0n) is 15.3. The molecule has 0 aliphatic carbocycles. The summed E-state index contributed by atoms with van der Waals surface area (Å²) in [7, 11) is 1.42. The summed E-state index contributed by atoms with van der Waals surface area (Å²) in [4.78, 5) is 11.2. The molecule has 0 fully saturated rings. The lowest BCUT2D eigenvalue weighted by atomic mass is 10.0. The van der Waals surface area contributed by atoms with E-state index in [2.05, 4.69) is 23.9 Å². The van der Waals surface area contributed by atoms with Crippen LogP contribution in [0.4, 0.5) is 4.79 Å². The monoisotopic (exact) mass is 313 g/mol. The fourth-order valence-corrected chi connectivity index (χ4v) is 2.84. The topological polar surface area (TPSA) is 38.3 Å². The van der Waals surface area contributed by atoms with Crippen molar-refractivity contribution in [2.45, 2.75) is 110 Å². The third kappa shape index (κ3) is 14.2. The van der Waals surface area contributed by atoms with E-state index in [1.54, 1.807) is 0 Å². The standard InChI is InChI=1S/C19H39NO2/c1-4-6-7-8-9-10-11-12-13-14-15-16-17-18(5-2)20-19(21)22-3/h18H,4-17H2,1-3H3,(H,20,21). The normalized spacial score (nSPS) is 12.1. The van der Waals surface area contributed by atoms with Crippen LogP contribution in [-0.4, -0.2) is 19.2 Å². The van der Waals surface area contributed by atoms with Gasteiger partial charge in [0.25, 0.3) is 0 Å². The molecule has 0 aromatic carbocycles. The average Bonchev–Trinajstić information content (AvgIpc) is 2.54. The summed E-state index contributed by atoms with van der Waals surface area (Å²) >= 11 is 0. The van der Waals surface area contributed by atoms with E-state index in [1.807, 2.05) is 0 Å². The van der Waals surface area contributed by atoms with Crippen LogP contribution in [0.2, 0.25) is 0 Å². The summed E-state index contributed by atoms with van der Waals surface area (Å²) in [5.74, 6) is 0. The molecule has 0 bridgehead atoms. The quantitative estimate of drug-likeness (QED) is 0.365. The summed E-state index contributed by atoms with van der Waals surface area (Å²) in [5.41, 5.74) is 0. The predicted molar refractivity (Wildman–Crippen MR) is 95.3 cm³/mol. The second kappa shape index (κ2) is 16.6. The molecule has 1 unspecified atom stereocenters. The molecule has 0 spiro atoms. The van der Waals surface area contributed by atoms with Crippen molar-refractivity contribution in [1.29, 1.82) is 0 Å². The molecule has 22 heavy (non-hydrogen) atoms. The number of ether oxygens (including phenoxy) is 1. The van der Waals surface area contributed by atoms with Crippen molar-refractivity contribution >= 4 is 6.09 Å². The average molecular weight is 314 g/mol. The Balaban J connectivity index is 3.26. The van der Waals surface area contributed by atoms with Gasteiger partial charge in [-0.25, -0.2) is 4.79 Å². The van der Waals surface area contributed by atoms with Gasteiger partial charge in [0.05, 0.1) is 7.11 Å². The molecular weight excluding hydrogens is 274 g/mol. The van der Waals surface area contributed by atoms with Crippen molar-refractivity contribution in [1.82, 2.24) is 5.32 Å². The number of hydrogen-bond donors (Lipinski definition) is 1. The van der Waals surface area contributed by atoms with E-state index in [1.165, 1.54) is 84.2 Å². The molecule has 132 valence electrons. The van der Waals surface area contributed by atoms with Gasteiger partial charge in [0.2, 0.25) is 0 Å². The van der Waals surface area contributed by atoms with Crippen LogP contribution >= 0.6 is 0 Å². The van der Waals surface area contributed by atoms with E-state index in [9.17, 15) is 4.79 Å². The van der Waals surface area contributed by atoms with Crippen LogP contribution in [0.3, 0.4) is 0 Å². The summed E-state index contributed by atoms with van der Waals surface area (Å²) in [6.07, 6.45) is 18.2. The molecule has 0 saturated carbocycles. The lowest BCUT2D eigenvalue weighted by Crippen LogP contribution is -2.34. The molecule has 0 aromatic rings. The number of unbranched alkanes of at least 4 members (excludes halogenated alkanes) is 11. The van der Waals surface area contributed by atoms with Crippen molar-refractivity contribution < 1.29 is 9.53 Å². The van der Waals surface area contributed by atoms with E-state index in [4.69, 9.17) is 0 Å². The molecule has 3 nitrogen and oxygen atoms in total. The molecule has 0 aliphatic heterocycles. The van der Waals surface area contributed by atoms with E-state index < -0.39 is 0 Å². The van der Waals surface area contributed by atoms with Gasteiger partial charge in [0, 0.05) is 6.04 Å². The molecule has 1 N–H and O–H groups in total. The van der Waals surface area contributed by atoms with E-state index in [0.717, 1.165) is 12.8 Å². The van der Waals surface area contributed by atoms with E-state index in [-0.39, 0.29) is 12.1 Å². The molecule has 0 radical (unpaired) electrons. The highest BCUT2D eigenvalue weighted by atomic mass is 16.5. The van der Waals surface area contributed by atoms with Crippen LogP contribution < -0.4 is 5.32 Å². The molecular formula is C19H39NO2. The van der Waals surface area contributed by atoms with E-state index in [0.29, 0.717) is 0 Å². The van der Waals surface area contributed by atoms with Crippen LogP contribution in [0.25, 0.3) is 0 Å². The van der Waals surface area contributed by atoms with Gasteiger partial charge in [-0.3, -0.25) is 0 Å². The Morgan fingerprint density at radius 2 is 1.27 bits per heavy atom. The van der Waals surface area contributed by atoms with E-state index >= 15 is 0 Å². The number of hydrogen-bond acceptors (Lipinski definition) is 2. The number of rotatable bonds is 15. The summed E-state index contributed by atoms with van der Waals surface area (Å²) in [5, 5.41) is 2.89. The van der Waals surface area contributed by atoms with Gasteiger partial charge >= 0.3 is 6.09 Å². The third-order valence-corrected chi connectivity index (χ3v) is 4.41. The van der Waals surface area contributed by atoms with Crippen LogP contribution in [-0.2, 0) is 4.74 Å². The summed E-state index contributed by atoms with van der Waals surface area (Å²) < 4.78 is 4.65. The molecule has 0 heterocycles. The Kier molecular flexibility index (Phi) is 16.1. The van der Waals surface area contributed by atoms with Gasteiger partial charge in [-0.2, -0.15) is 0 Å². The molecule has 0 aromatic heterocycles. The van der Waals surface area contributed by atoms with Gasteiger partial charge in [-0.05, 0) is 12.8 Å². The first-order valence-corrected chi connectivity index (χ1v) is 9.59. The second-order valence-electron chi connectivity index (χ2n) is 6.42. The molecule has 1 amide bonds. The maximum absolute atomic E-state index is 11.2. The van der Waals surface area contributed by atoms with Crippen molar-refractivity contribution in [3.63, 3.8) is 0 Å². The van der Waals surface area contributed by atoms with Crippen LogP contribution in [0.5, 0.6) is 0 Å². The Labute approximate surface area is 138 Å². The Morgan fingerprint density at radius 1 is 0.818 bits per heavy atom. The van der Waals surface area contributed by atoms with Gasteiger partial charge in [0.15, 0.2) is 0 Å². The Morgan fingerprint density at radius 3 is 1.68 bits per heavy atom. The largest absolute Gasteiger partial charge is 0.453 e. The fraction of sp³-hybridized carbons (Fsp3) is 0.947. The fourth-order valence-electron chi connectivity index (χ4n) is 2.84. The van der Waals surface area contributed by atoms with Crippen LogP contribution in [0, 0.1) is 0 Å². The molecule has 3 heteroatoms. The molecule has 0 rings (SSSR count). The Bertz CT molecular complexity index is 244. The lowest BCUT2D eigenvalue weighted by molar-refractivity contribution is 0.165. The van der Waals surface area contributed by atoms with Crippen LogP contribution in [0.15, 0.2) is 0 Å². The van der Waals surface area contributed by atoms with Gasteiger partial charge in [0.1, 0.15) is 0 Å². The van der Waals surface area contributed by atoms with Crippen molar-refractivity contribution in [3.8, 4) is 0 Å². The molecule has 0 saturated heterocycles. The highest BCUT2D eigenvalue weighted by Crippen LogP contribution is 2.13.